The lowest BCUT2D eigenvalue weighted by atomic mass is 10.1. The van der Waals surface area contributed by atoms with Crippen molar-refractivity contribution in [2.45, 2.75) is 5.03 Å². The molecule has 1 amide bonds. The van der Waals surface area contributed by atoms with Crippen molar-refractivity contribution in [1.82, 2.24) is 10.2 Å². The summed E-state index contributed by atoms with van der Waals surface area (Å²) in [7, 11) is 1.62. The van der Waals surface area contributed by atoms with Crippen LogP contribution in [0.1, 0.15) is 0 Å². The molecule has 28 heavy (non-hydrogen) atoms. The number of carbonyl (C=O) groups excluding carboxylic acids is 1. The zero-order valence-corrected chi connectivity index (χ0v) is 15.9. The number of hydrogen-bond donors (Lipinski definition) is 1. The number of fused-ring (bicyclic) bond motifs is 1. The molecule has 1 N–H and O–H groups in total. The molecule has 0 saturated heterocycles. The molecule has 142 valence electrons. The van der Waals surface area contributed by atoms with Crippen LogP contribution >= 0.6 is 11.8 Å². The van der Waals surface area contributed by atoms with Crippen molar-refractivity contribution in [3.63, 3.8) is 0 Å². The SMILES string of the molecule is COc1ccccc1-c1ccc(SCC(=O)Nc2ccc3c(c2)OCO3)nn1. The number of methoxy groups -OCH3 is 1. The summed E-state index contributed by atoms with van der Waals surface area (Å²) in [6, 6.07) is 16.6. The van der Waals surface area contributed by atoms with E-state index >= 15 is 0 Å². The number of ether oxygens (including phenoxy) is 3. The van der Waals surface area contributed by atoms with Crippen molar-refractivity contribution in [3.8, 4) is 28.5 Å². The maximum Gasteiger partial charge on any atom is 0.234 e. The van der Waals surface area contributed by atoms with Crippen LogP contribution in [-0.4, -0.2) is 35.8 Å². The van der Waals surface area contributed by atoms with Gasteiger partial charge in [0, 0.05) is 17.3 Å². The summed E-state index contributed by atoms with van der Waals surface area (Å²) in [5.41, 5.74) is 2.24. The molecule has 0 atom stereocenters. The summed E-state index contributed by atoms with van der Waals surface area (Å²) in [6.45, 7) is 0.201. The Bertz CT molecular complexity index is 995. The summed E-state index contributed by atoms with van der Waals surface area (Å²) in [6.07, 6.45) is 0. The first-order chi connectivity index (χ1) is 13.7. The van der Waals surface area contributed by atoms with E-state index in [2.05, 4.69) is 15.5 Å². The highest BCUT2D eigenvalue weighted by atomic mass is 32.2. The minimum absolute atomic E-state index is 0.139. The van der Waals surface area contributed by atoms with Gasteiger partial charge in [0.25, 0.3) is 0 Å². The molecule has 2 aromatic carbocycles. The van der Waals surface area contributed by atoms with Gasteiger partial charge in [-0.15, -0.1) is 10.2 Å². The minimum atomic E-state index is -0.139. The summed E-state index contributed by atoms with van der Waals surface area (Å²) in [5, 5.41) is 11.9. The number of amides is 1. The van der Waals surface area contributed by atoms with Gasteiger partial charge in [0.2, 0.25) is 12.7 Å². The molecule has 0 fully saturated rings. The third kappa shape index (κ3) is 4.01. The van der Waals surface area contributed by atoms with E-state index in [0.717, 1.165) is 11.3 Å². The van der Waals surface area contributed by atoms with Crippen molar-refractivity contribution in [2.24, 2.45) is 0 Å². The van der Waals surface area contributed by atoms with Crippen LogP contribution in [0.2, 0.25) is 0 Å². The Kier molecular flexibility index (Phi) is 5.29. The maximum absolute atomic E-state index is 12.2. The summed E-state index contributed by atoms with van der Waals surface area (Å²) in [4.78, 5) is 12.2. The van der Waals surface area contributed by atoms with Crippen LogP contribution < -0.4 is 19.5 Å². The highest BCUT2D eigenvalue weighted by Gasteiger charge is 2.14. The van der Waals surface area contributed by atoms with Gasteiger partial charge in [-0.2, -0.15) is 0 Å². The number of carbonyl (C=O) groups is 1. The lowest BCUT2D eigenvalue weighted by Crippen LogP contribution is -2.14. The summed E-state index contributed by atoms with van der Waals surface area (Å²) < 4.78 is 15.9. The van der Waals surface area contributed by atoms with Crippen LogP contribution in [0.5, 0.6) is 17.2 Å². The van der Waals surface area contributed by atoms with E-state index in [0.29, 0.717) is 27.9 Å². The Morgan fingerprint density at radius 2 is 1.96 bits per heavy atom. The van der Waals surface area contributed by atoms with Gasteiger partial charge in [-0.3, -0.25) is 4.79 Å². The largest absolute Gasteiger partial charge is 0.496 e. The van der Waals surface area contributed by atoms with Crippen LogP contribution in [0.3, 0.4) is 0 Å². The number of nitrogens with zero attached hydrogens (tertiary/aromatic N) is 2. The number of hydrogen-bond acceptors (Lipinski definition) is 7. The van der Waals surface area contributed by atoms with Crippen molar-refractivity contribution in [2.75, 3.05) is 25.0 Å². The molecule has 0 unspecified atom stereocenters. The highest BCUT2D eigenvalue weighted by molar-refractivity contribution is 7.99. The number of para-hydroxylation sites is 1. The number of nitrogens with one attached hydrogen (secondary N) is 1. The lowest BCUT2D eigenvalue weighted by Gasteiger charge is -2.08. The van der Waals surface area contributed by atoms with Crippen molar-refractivity contribution < 1.29 is 19.0 Å². The second-order valence-electron chi connectivity index (χ2n) is 5.86. The lowest BCUT2D eigenvalue weighted by molar-refractivity contribution is -0.113. The maximum atomic E-state index is 12.2. The van der Waals surface area contributed by atoms with E-state index in [1.54, 1.807) is 25.3 Å². The topological polar surface area (TPSA) is 82.6 Å². The monoisotopic (exact) mass is 395 g/mol. The Morgan fingerprint density at radius 1 is 1.11 bits per heavy atom. The number of benzene rings is 2. The van der Waals surface area contributed by atoms with Crippen molar-refractivity contribution in [3.05, 3.63) is 54.6 Å². The summed E-state index contributed by atoms with van der Waals surface area (Å²) >= 11 is 1.31. The predicted octanol–water partition coefficient (Wildman–Crippen LogP) is 3.61. The van der Waals surface area contributed by atoms with E-state index in [1.165, 1.54) is 11.8 Å². The molecule has 0 aliphatic carbocycles. The van der Waals surface area contributed by atoms with Crippen molar-refractivity contribution in [1.29, 1.82) is 0 Å². The Morgan fingerprint density at radius 3 is 2.79 bits per heavy atom. The van der Waals surface area contributed by atoms with Gasteiger partial charge in [0.1, 0.15) is 10.8 Å². The van der Waals surface area contributed by atoms with Gasteiger partial charge < -0.3 is 19.5 Å². The molecule has 4 rings (SSSR count). The Labute approximate surface area is 166 Å². The number of aromatic nitrogens is 2. The van der Waals surface area contributed by atoms with Gasteiger partial charge in [-0.1, -0.05) is 23.9 Å². The zero-order chi connectivity index (χ0) is 19.3. The van der Waals surface area contributed by atoms with Crippen LogP contribution in [0.15, 0.2) is 59.6 Å². The average Bonchev–Trinajstić information content (AvgIpc) is 3.20. The average molecular weight is 395 g/mol. The molecule has 0 spiro atoms. The molecule has 0 saturated carbocycles. The Hall–Kier alpha value is -3.26. The normalized spacial score (nSPS) is 11.9. The first-order valence-electron chi connectivity index (χ1n) is 8.52. The molecular formula is C20H17N3O4S. The molecule has 1 aromatic heterocycles. The first-order valence-corrected chi connectivity index (χ1v) is 9.51. The van der Waals surface area contributed by atoms with Gasteiger partial charge in [-0.25, -0.2) is 0 Å². The van der Waals surface area contributed by atoms with Crippen LogP contribution in [0, 0.1) is 0 Å². The molecule has 0 radical (unpaired) electrons. The molecular weight excluding hydrogens is 378 g/mol. The molecule has 8 heteroatoms. The van der Waals surface area contributed by atoms with Crippen LogP contribution in [-0.2, 0) is 4.79 Å². The number of anilines is 1. The van der Waals surface area contributed by atoms with Crippen molar-refractivity contribution >= 4 is 23.4 Å². The third-order valence-corrected chi connectivity index (χ3v) is 4.95. The van der Waals surface area contributed by atoms with E-state index in [-0.39, 0.29) is 18.5 Å². The molecule has 7 nitrogen and oxygen atoms in total. The highest BCUT2D eigenvalue weighted by Crippen LogP contribution is 2.34. The van der Waals surface area contributed by atoms with Gasteiger partial charge in [-0.05, 0) is 36.4 Å². The molecule has 2 heterocycles. The van der Waals surface area contributed by atoms with Gasteiger partial charge in [0.15, 0.2) is 11.5 Å². The quantitative estimate of drug-likeness (QED) is 0.639. The molecule has 3 aromatic rings. The Balaban J connectivity index is 1.35. The molecule has 1 aliphatic rings. The minimum Gasteiger partial charge on any atom is -0.496 e. The fourth-order valence-electron chi connectivity index (χ4n) is 2.71. The van der Waals surface area contributed by atoms with Crippen LogP contribution in [0.4, 0.5) is 5.69 Å². The zero-order valence-electron chi connectivity index (χ0n) is 15.0. The first kappa shape index (κ1) is 18.1. The smallest absolute Gasteiger partial charge is 0.234 e. The number of thioether (sulfide) groups is 1. The number of rotatable bonds is 6. The van der Waals surface area contributed by atoms with Crippen LogP contribution in [0.25, 0.3) is 11.3 Å². The molecule has 0 bridgehead atoms. The van der Waals surface area contributed by atoms with E-state index in [9.17, 15) is 4.79 Å². The third-order valence-electron chi connectivity index (χ3n) is 4.03. The fraction of sp³-hybridized carbons (Fsp3) is 0.150. The van der Waals surface area contributed by atoms with Gasteiger partial charge in [0.05, 0.1) is 18.6 Å². The van der Waals surface area contributed by atoms with E-state index in [4.69, 9.17) is 14.2 Å². The molecule has 1 aliphatic heterocycles. The standard InChI is InChI=1S/C20H17N3O4S/c1-25-16-5-3-2-4-14(16)15-7-9-20(23-22-15)28-11-19(24)21-13-6-8-17-18(10-13)27-12-26-17/h2-10H,11-12H2,1H3,(H,21,24). The van der Waals surface area contributed by atoms with E-state index in [1.807, 2.05) is 36.4 Å². The predicted molar refractivity (Wildman–Crippen MR) is 106 cm³/mol. The second kappa shape index (κ2) is 8.18. The van der Waals surface area contributed by atoms with E-state index < -0.39 is 0 Å². The fourth-order valence-corrected chi connectivity index (χ4v) is 3.32. The summed E-state index contributed by atoms with van der Waals surface area (Å²) in [5.74, 6) is 2.12. The van der Waals surface area contributed by atoms with Gasteiger partial charge >= 0.3 is 0 Å². The second-order valence-corrected chi connectivity index (χ2v) is 6.86.